The van der Waals surface area contributed by atoms with Crippen LogP contribution >= 0.6 is 23.1 Å². The molecule has 0 aliphatic carbocycles. The van der Waals surface area contributed by atoms with E-state index in [0.29, 0.717) is 17.3 Å². The summed E-state index contributed by atoms with van der Waals surface area (Å²) in [5, 5.41) is 10.2. The van der Waals surface area contributed by atoms with Gasteiger partial charge in [0.15, 0.2) is 5.78 Å². The number of carbonyl (C=O) groups excluding carboxylic acids is 1. The predicted octanol–water partition coefficient (Wildman–Crippen LogP) is 2.14. The molecule has 0 aliphatic rings. The van der Waals surface area contributed by atoms with Crippen molar-refractivity contribution < 1.29 is 4.79 Å². The highest BCUT2D eigenvalue weighted by molar-refractivity contribution is 7.03. The van der Waals surface area contributed by atoms with Gasteiger partial charge in [0.2, 0.25) is 0 Å². The van der Waals surface area contributed by atoms with Gasteiger partial charge in [-0.2, -0.15) is 5.10 Å². The van der Waals surface area contributed by atoms with Crippen LogP contribution in [-0.4, -0.2) is 25.2 Å². The number of aromatic nitrogens is 4. The van der Waals surface area contributed by atoms with E-state index in [1.807, 2.05) is 13.8 Å². The van der Waals surface area contributed by atoms with Crippen LogP contribution in [-0.2, 0) is 13.0 Å². The summed E-state index contributed by atoms with van der Waals surface area (Å²) in [6.07, 6.45) is 0.207. The standard InChI is InChI=1S/C10H11ClN4OS/c1-3-15-8(10(11)6(2)13-15)4-9(16)7-5-17-14-12-7/h5H,3-4H2,1-2H3. The predicted molar refractivity (Wildman–Crippen MR) is 65.6 cm³/mol. The molecule has 2 aromatic rings. The van der Waals surface area contributed by atoms with Crippen molar-refractivity contribution in [2.75, 3.05) is 0 Å². The molecule has 0 aliphatic heterocycles. The van der Waals surface area contributed by atoms with Gasteiger partial charge in [-0.25, -0.2) is 0 Å². The van der Waals surface area contributed by atoms with Crippen molar-refractivity contribution in [3.8, 4) is 0 Å². The van der Waals surface area contributed by atoms with Gasteiger partial charge in [0.25, 0.3) is 0 Å². The van der Waals surface area contributed by atoms with Crippen molar-refractivity contribution in [2.45, 2.75) is 26.8 Å². The zero-order valence-corrected chi connectivity index (χ0v) is 11.0. The second-order valence-corrected chi connectivity index (χ2v) is 4.54. The summed E-state index contributed by atoms with van der Waals surface area (Å²) in [5.41, 5.74) is 1.87. The molecule has 0 N–H and O–H groups in total. The topological polar surface area (TPSA) is 60.7 Å². The van der Waals surface area contributed by atoms with Gasteiger partial charge in [-0.3, -0.25) is 9.48 Å². The number of ketones is 1. The lowest BCUT2D eigenvalue weighted by Gasteiger charge is -2.03. The van der Waals surface area contributed by atoms with Crippen LogP contribution in [0.25, 0.3) is 0 Å². The van der Waals surface area contributed by atoms with Crippen LogP contribution in [0.15, 0.2) is 5.38 Å². The smallest absolute Gasteiger partial charge is 0.189 e. The van der Waals surface area contributed by atoms with E-state index in [1.54, 1.807) is 10.1 Å². The number of Topliss-reactive ketones (excluding diaryl/α,β-unsaturated/α-hetero) is 1. The fraction of sp³-hybridized carbons (Fsp3) is 0.400. The van der Waals surface area contributed by atoms with Crippen LogP contribution in [0, 0.1) is 6.92 Å². The second kappa shape index (κ2) is 4.93. The maximum absolute atomic E-state index is 11.9. The summed E-state index contributed by atoms with van der Waals surface area (Å²) in [6.45, 7) is 4.47. The first-order valence-corrected chi connectivity index (χ1v) is 6.37. The number of nitrogens with zero attached hydrogens (tertiary/aromatic N) is 4. The Balaban J connectivity index is 2.27. The Bertz CT molecular complexity index is 535. The fourth-order valence-electron chi connectivity index (χ4n) is 1.57. The first-order valence-electron chi connectivity index (χ1n) is 5.15. The highest BCUT2D eigenvalue weighted by Gasteiger charge is 2.18. The van der Waals surface area contributed by atoms with Gasteiger partial charge < -0.3 is 0 Å². The molecule has 0 saturated carbocycles. The molecule has 5 nitrogen and oxygen atoms in total. The summed E-state index contributed by atoms with van der Waals surface area (Å²) in [6, 6.07) is 0. The van der Waals surface area contributed by atoms with Crippen LogP contribution < -0.4 is 0 Å². The summed E-state index contributed by atoms with van der Waals surface area (Å²) in [5.74, 6) is -0.0877. The van der Waals surface area contributed by atoms with Crippen molar-refractivity contribution in [3.63, 3.8) is 0 Å². The number of aryl methyl sites for hydroxylation is 2. The number of hydrogen-bond donors (Lipinski definition) is 0. The van der Waals surface area contributed by atoms with Crippen LogP contribution in [0.2, 0.25) is 5.02 Å². The fourth-order valence-corrected chi connectivity index (χ4v) is 2.23. The summed E-state index contributed by atoms with van der Waals surface area (Å²) < 4.78 is 5.42. The van der Waals surface area contributed by atoms with Gasteiger partial charge in [0.1, 0.15) is 5.69 Å². The SMILES string of the molecule is CCn1nc(C)c(Cl)c1CC(=O)c1csnn1. The van der Waals surface area contributed by atoms with Crippen molar-refractivity contribution in [3.05, 3.63) is 27.5 Å². The lowest BCUT2D eigenvalue weighted by molar-refractivity contribution is 0.0986. The molecule has 0 saturated heterocycles. The molecule has 0 atom stereocenters. The van der Waals surface area contributed by atoms with E-state index in [2.05, 4.69) is 14.7 Å². The minimum Gasteiger partial charge on any atom is -0.292 e. The summed E-state index contributed by atoms with van der Waals surface area (Å²) >= 11 is 7.29. The van der Waals surface area contributed by atoms with Crippen LogP contribution in [0.5, 0.6) is 0 Å². The molecule has 0 unspecified atom stereocenters. The molecule has 0 bridgehead atoms. The van der Waals surface area contributed by atoms with Crippen molar-refractivity contribution in [1.29, 1.82) is 0 Å². The van der Waals surface area contributed by atoms with Gasteiger partial charge in [0.05, 0.1) is 22.8 Å². The van der Waals surface area contributed by atoms with Crippen molar-refractivity contribution in [2.24, 2.45) is 0 Å². The molecule has 2 rings (SSSR count). The molecule has 2 aromatic heterocycles. The Morgan fingerprint density at radius 2 is 2.35 bits per heavy atom. The normalized spacial score (nSPS) is 10.8. The minimum atomic E-state index is -0.0877. The largest absolute Gasteiger partial charge is 0.292 e. The molecule has 0 aromatic carbocycles. The maximum Gasteiger partial charge on any atom is 0.189 e. The minimum absolute atomic E-state index is 0.0877. The molecule has 0 amide bonds. The van der Waals surface area contributed by atoms with E-state index in [-0.39, 0.29) is 12.2 Å². The molecule has 90 valence electrons. The van der Waals surface area contributed by atoms with E-state index < -0.39 is 0 Å². The van der Waals surface area contributed by atoms with Gasteiger partial charge in [0, 0.05) is 11.9 Å². The van der Waals surface area contributed by atoms with Crippen molar-refractivity contribution >= 4 is 28.9 Å². The second-order valence-electron chi connectivity index (χ2n) is 3.55. The first kappa shape index (κ1) is 12.2. The average molecular weight is 271 g/mol. The Morgan fingerprint density at radius 3 is 2.94 bits per heavy atom. The lowest BCUT2D eigenvalue weighted by Crippen LogP contribution is -2.10. The molecule has 0 radical (unpaired) electrons. The van der Waals surface area contributed by atoms with Gasteiger partial charge in [-0.1, -0.05) is 16.1 Å². The summed E-state index contributed by atoms with van der Waals surface area (Å²) in [4.78, 5) is 11.9. The Labute approximate surface area is 108 Å². The van der Waals surface area contributed by atoms with Crippen LogP contribution in [0.4, 0.5) is 0 Å². The monoisotopic (exact) mass is 270 g/mol. The highest BCUT2D eigenvalue weighted by Crippen LogP contribution is 2.21. The first-order chi connectivity index (χ1) is 8.13. The average Bonchev–Trinajstić information content (AvgIpc) is 2.92. The number of rotatable bonds is 4. The van der Waals surface area contributed by atoms with Gasteiger partial charge >= 0.3 is 0 Å². The molecule has 7 heteroatoms. The molecular weight excluding hydrogens is 260 g/mol. The van der Waals surface area contributed by atoms with E-state index in [0.717, 1.165) is 22.9 Å². The summed E-state index contributed by atoms with van der Waals surface area (Å²) in [7, 11) is 0. The Hall–Kier alpha value is -1.27. The van der Waals surface area contributed by atoms with Gasteiger partial charge in [-0.05, 0) is 25.4 Å². The van der Waals surface area contributed by atoms with E-state index in [4.69, 9.17) is 11.6 Å². The number of carbonyl (C=O) groups is 1. The number of hydrogen-bond acceptors (Lipinski definition) is 5. The molecule has 0 spiro atoms. The third-order valence-electron chi connectivity index (χ3n) is 2.43. The Kier molecular flexibility index (Phi) is 3.54. The highest BCUT2D eigenvalue weighted by atomic mass is 35.5. The zero-order valence-electron chi connectivity index (χ0n) is 9.47. The maximum atomic E-state index is 11.9. The van der Waals surface area contributed by atoms with E-state index in [9.17, 15) is 4.79 Å². The number of halogens is 1. The van der Waals surface area contributed by atoms with Gasteiger partial charge in [-0.15, -0.1) is 5.10 Å². The third kappa shape index (κ3) is 2.37. The van der Waals surface area contributed by atoms with E-state index in [1.165, 1.54) is 0 Å². The Morgan fingerprint density at radius 1 is 1.59 bits per heavy atom. The molecule has 0 fully saturated rings. The van der Waals surface area contributed by atoms with Crippen LogP contribution in [0.3, 0.4) is 0 Å². The quantitative estimate of drug-likeness (QED) is 0.799. The lowest BCUT2D eigenvalue weighted by atomic mass is 10.2. The third-order valence-corrected chi connectivity index (χ3v) is 3.42. The van der Waals surface area contributed by atoms with Crippen LogP contribution in [0.1, 0.15) is 28.8 Å². The molecule has 2 heterocycles. The molecule has 17 heavy (non-hydrogen) atoms. The van der Waals surface area contributed by atoms with E-state index >= 15 is 0 Å². The van der Waals surface area contributed by atoms with Crippen molar-refractivity contribution in [1.82, 2.24) is 19.4 Å². The zero-order chi connectivity index (χ0) is 12.4. The molecular formula is C10H11ClN4OS.